The Labute approximate surface area is 235 Å². The zero-order valence-corrected chi connectivity index (χ0v) is 22.8. The highest BCUT2D eigenvalue weighted by Gasteiger charge is 2.22. The molecule has 3 aromatic carbocycles. The molecule has 1 aliphatic rings. The lowest BCUT2D eigenvalue weighted by molar-refractivity contribution is -0.113. The van der Waals surface area contributed by atoms with E-state index >= 15 is 0 Å². The molecule has 1 aromatic heterocycles. The number of anilines is 2. The first-order chi connectivity index (χ1) is 19.0. The van der Waals surface area contributed by atoms with Crippen molar-refractivity contribution in [2.45, 2.75) is 18.2 Å². The van der Waals surface area contributed by atoms with Gasteiger partial charge in [-0.3, -0.25) is 9.36 Å². The number of thioether (sulfide) groups is 1. The first kappa shape index (κ1) is 27.0. The molecule has 4 aromatic rings. The van der Waals surface area contributed by atoms with Crippen molar-refractivity contribution in [2.75, 3.05) is 42.3 Å². The van der Waals surface area contributed by atoms with Crippen LogP contribution in [0.1, 0.15) is 18.9 Å². The lowest BCUT2D eigenvalue weighted by Crippen LogP contribution is -2.36. The van der Waals surface area contributed by atoms with E-state index in [1.807, 2.05) is 47.0 Å². The van der Waals surface area contributed by atoms with Gasteiger partial charge >= 0.3 is 0 Å². The molecule has 1 saturated heterocycles. The molecule has 1 atom stereocenters. The smallest absolute Gasteiger partial charge is 0.234 e. The number of hydrogen-bond donors (Lipinski definition) is 1. The first-order valence-electron chi connectivity index (χ1n) is 12.5. The number of morpholine rings is 1. The number of para-hydroxylation sites is 2. The Morgan fingerprint density at radius 3 is 2.59 bits per heavy atom. The summed E-state index contributed by atoms with van der Waals surface area (Å²) >= 11 is 7.75. The van der Waals surface area contributed by atoms with Crippen molar-refractivity contribution < 1.29 is 18.7 Å². The summed E-state index contributed by atoms with van der Waals surface area (Å²) in [5, 5.41) is 12.6. The second-order valence-corrected chi connectivity index (χ2v) is 10.2. The van der Waals surface area contributed by atoms with Gasteiger partial charge in [-0.2, -0.15) is 0 Å². The van der Waals surface area contributed by atoms with Crippen molar-refractivity contribution in [1.82, 2.24) is 14.8 Å². The van der Waals surface area contributed by atoms with Gasteiger partial charge in [0.25, 0.3) is 0 Å². The van der Waals surface area contributed by atoms with Crippen LogP contribution in [-0.4, -0.2) is 52.7 Å². The summed E-state index contributed by atoms with van der Waals surface area (Å²) in [6.45, 7) is 4.65. The number of aromatic nitrogens is 3. The van der Waals surface area contributed by atoms with Gasteiger partial charge in [-0.15, -0.1) is 10.2 Å². The largest absolute Gasteiger partial charge is 0.480 e. The van der Waals surface area contributed by atoms with Crippen LogP contribution in [0, 0.1) is 5.82 Å². The second kappa shape index (κ2) is 12.5. The fourth-order valence-corrected chi connectivity index (χ4v) is 5.27. The van der Waals surface area contributed by atoms with Crippen LogP contribution < -0.4 is 15.0 Å². The van der Waals surface area contributed by atoms with E-state index in [1.54, 1.807) is 31.2 Å². The Hall–Kier alpha value is -3.60. The van der Waals surface area contributed by atoms with Crippen LogP contribution in [0.5, 0.6) is 5.75 Å². The number of hydrogen-bond acceptors (Lipinski definition) is 7. The first-order valence-corrected chi connectivity index (χ1v) is 13.8. The predicted molar refractivity (Wildman–Crippen MR) is 151 cm³/mol. The maximum Gasteiger partial charge on any atom is 0.234 e. The number of carbonyl (C=O) groups is 1. The number of nitrogens with one attached hydrogen (secondary N) is 1. The van der Waals surface area contributed by atoms with Crippen LogP contribution in [0.2, 0.25) is 5.02 Å². The number of carbonyl (C=O) groups excluding carboxylic acids is 1. The third kappa shape index (κ3) is 6.52. The number of nitrogens with zero attached hydrogens (tertiary/aromatic N) is 4. The molecule has 0 saturated carbocycles. The molecule has 0 bridgehead atoms. The molecule has 1 unspecified atom stereocenters. The maximum absolute atomic E-state index is 14.2. The van der Waals surface area contributed by atoms with Crippen molar-refractivity contribution in [3.63, 3.8) is 0 Å². The van der Waals surface area contributed by atoms with E-state index < -0.39 is 11.9 Å². The summed E-state index contributed by atoms with van der Waals surface area (Å²) in [6.07, 6.45) is -0.607. The Kier molecular flexibility index (Phi) is 8.65. The molecular weight excluding hydrogens is 541 g/mol. The molecule has 2 heterocycles. The molecule has 11 heteroatoms. The Morgan fingerprint density at radius 1 is 1.10 bits per heavy atom. The number of benzene rings is 3. The van der Waals surface area contributed by atoms with Crippen molar-refractivity contribution in [3.05, 3.63) is 89.5 Å². The fraction of sp³-hybridized carbons (Fsp3) is 0.250. The van der Waals surface area contributed by atoms with Gasteiger partial charge < -0.3 is 19.7 Å². The van der Waals surface area contributed by atoms with Crippen molar-refractivity contribution in [2.24, 2.45) is 0 Å². The molecule has 1 aliphatic heterocycles. The fourth-order valence-electron chi connectivity index (χ4n) is 4.21. The van der Waals surface area contributed by atoms with Gasteiger partial charge in [-0.05, 0) is 49.4 Å². The van der Waals surface area contributed by atoms with Crippen molar-refractivity contribution in [3.8, 4) is 11.4 Å². The van der Waals surface area contributed by atoms with Crippen molar-refractivity contribution >= 4 is 40.6 Å². The molecule has 0 radical (unpaired) electrons. The van der Waals surface area contributed by atoms with Crippen molar-refractivity contribution in [1.29, 1.82) is 0 Å². The van der Waals surface area contributed by atoms with Gasteiger partial charge in [-0.25, -0.2) is 4.39 Å². The minimum atomic E-state index is -0.607. The average molecular weight is 568 g/mol. The van der Waals surface area contributed by atoms with Gasteiger partial charge in [0.15, 0.2) is 28.7 Å². The van der Waals surface area contributed by atoms with Gasteiger partial charge in [-0.1, -0.05) is 53.7 Å². The molecule has 1 amide bonds. The van der Waals surface area contributed by atoms with Crippen LogP contribution in [-0.2, 0) is 9.53 Å². The summed E-state index contributed by atoms with van der Waals surface area (Å²) in [5.41, 5.74) is 2.33. The van der Waals surface area contributed by atoms with Crippen LogP contribution in [0.25, 0.3) is 5.69 Å². The Balaban J connectivity index is 1.29. The minimum absolute atomic E-state index is 0.0936. The standard InChI is InChI=1S/C28H27ClFN5O3S/c1-19(38-25-10-6-5-9-23(25)30)27-32-33-28(35(27)21-7-3-2-4-8-21)39-18-26(36)31-20-11-12-24(22(29)17-20)34-13-15-37-16-14-34/h2-12,17,19H,13-16,18H2,1H3,(H,31,36). The molecule has 8 nitrogen and oxygen atoms in total. The van der Waals surface area contributed by atoms with Gasteiger partial charge in [0, 0.05) is 24.5 Å². The Bertz CT molecular complexity index is 1430. The van der Waals surface area contributed by atoms with E-state index in [9.17, 15) is 9.18 Å². The molecule has 202 valence electrons. The van der Waals surface area contributed by atoms with Gasteiger partial charge in [0.05, 0.1) is 29.7 Å². The predicted octanol–water partition coefficient (Wildman–Crippen LogP) is 5.77. The molecule has 0 aliphatic carbocycles. The molecule has 0 spiro atoms. The normalized spacial score (nSPS) is 14.2. The zero-order chi connectivity index (χ0) is 27.2. The van der Waals surface area contributed by atoms with E-state index in [0.29, 0.717) is 34.9 Å². The summed E-state index contributed by atoms with van der Waals surface area (Å²) < 4.78 is 27.3. The summed E-state index contributed by atoms with van der Waals surface area (Å²) in [4.78, 5) is 15.0. The number of halogens is 2. The average Bonchev–Trinajstić information content (AvgIpc) is 3.38. The highest BCUT2D eigenvalue weighted by atomic mass is 35.5. The highest BCUT2D eigenvalue weighted by Crippen LogP contribution is 2.31. The van der Waals surface area contributed by atoms with E-state index in [-0.39, 0.29) is 17.4 Å². The van der Waals surface area contributed by atoms with E-state index in [1.165, 1.54) is 17.8 Å². The van der Waals surface area contributed by atoms with Crippen LogP contribution >= 0.6 is 23.4 Å². The topological polar surface area (TPSA) is 81.5 Å². The van der Waals surface area contributed by atoms with Gasteiger partial charge in [0.1, 0.15) is 0 Å². The number of ether oxygens (including phenoxy) is 2. The van der Waals surface area contributed by atoms with Gasteiger partial charge in [0.2, 0.25) is 5.91 Å². The van der Waals surface area contributed by atoms with E-state index in [2.05, 4.69) is 20.4 Å². The molecular formula is C28H27ClFN5O3S. The maximum atomic E-state index is 14.2. The molecule has 39 heavy (non-hydrogen) atoms. The lowest BCUT2D eigenvalue weighted by atomic mass is 10.2. The molecule has 5 rings (SSSR count). The zero-order valence-electron chi connectivity index (χ0n) is 21.2. The summed E-state index contributed by atoms with van der Waals surface area (Å²) in [6, 6.07) is 21.2. The van der Waals surface area contributed by atoms with Crippen LogP contribution in [0.4, 0.5) is 15.8 Å². The SMILES string of the molecule is CC(Oc1ccccc1F)c1nnc(SCC(=O)Nc2ccc(N3CCOCC3)c(Cl)c2)n1-c1ccccc1. The number of amides is 1. The van der Waals surface area contributed by atoms with E-state index in [4.69, 9.17) is 21.1 Å². The summed E-state index contributed by atoms with van der Waals surface area (Å²) in [5.74, 6) is 0.0305. The van der Waals surface area contributed by atoms with Crippen LogP contribution in [0.3, 0.4) is 0 Å². The third-order valence-corrected chi connectivity index (χ3v) is 7.32. The van der Waals surface area contributed by atoms with E-state index in [0.717, 1.165) is 24.5 Å². The third-order valence-electron chi connectivity index (χ3n) is 6.09. The summed E-state index contributed by atoms with van der Waals surface area (Å²) in [7, 11) is 0. The molecule has 1 N–H and O–H groups in total. The highest BCUT2D eigenvalue weighted by molar-refractivity contribution is 7.99. The minimum Gasteiger partial charge on any atom is -0.480 e. The molecule has 1 fully saturated rings. The Morgan fingerprint density at radius 2 is 1.85 bits per heavy atom. The van der Waals surface area contributed by atoms with Crippen LogP contribution in [0.15, 0.2) is 78.0 Å². The quantitative estimate of drug-likeness (QED) is 0.257. The second-order valence-electron chi connectivity index (χ2n) is 8.80. The monoisotopic (exact) mass is 567 g/mol. The lowest BCUT2D eigenvalue weighted by Gasteiger charge is -2.29. The number of rotatable bonds is 9.